The number of carbonyl (C=O) groups excluding carboxylic acids is 1. The minimum absolute atomic E-state index is 0.0157. The molecule has 8 nitrogen and oxygen atoms in total. The van der Waals surface area contributed by atoms with Crippen LogP contribution in [0.5, 0.6) is 5.88 Å². The van der Waals surface area contributed by atoms with Crippen LogP contribution in [-0.2, 0) is 32.8 Å². The second-order valence-electron chi connectivity index (χ2n) is 6.88. The quantitative estimate of drug-likeness (QED) is 0.472. The first kappa shape index (κ1) is 22.1. The van der Waals surface area contributed by atoms with E-state index in [1.165, 1.54) is 31.0 Å². The summed E-state index contributed by atoms with van der Waals surface area (Å²) in [6, 6.07) is 2.50. The zero-order valence-corrected chi connectivity index (χ0v) is 18.5. The molecule has 1 aromatic carbocycles. The van der Waals surface area contributed by atoms with Crippen molar-refractivity contribution < 1.29 is 27.6 Å². The van der Waals surface area contributed by atoms with Gasteiger partial charge in [-0.3, -0.25) is 4.79 Å². The van der Waals surface area contributed by atoms with Gasteiger partial charge in [-0.2, -0.15) is 5.10 Å². The molecule has 29 heavy (non-hydrogen) atoms. The monoisotopic (exact) mass is 460 g/mol. The molecule has 158 valence electrons. The highest BCUT2D eigenvalue weighted by atomic mass is 35.5. The maximum absolute atomic E-state index is 13.2. The van der Waals surface area contributed by atoms with Crippen molar-refractivity contribution in [2.45, 2.75) is 28.6 Å². The number of sulfone groups is 1. The summed E-state index contributed by atoms with van der Waals surface area (Å²) in [4.78, 5) is 12.9. The number of rotatable bonds is 8. The fourth-order valence-corrected chi connectivity index (χ4v) is 6.19. The van der Waals surface area contributed by atoms with Crippen LogP contribution in [0.1, 0.15) is 40.4 Å². The molecule has 0 aliphatic heterocycles. The Bertz CT molecular complexity index is 1060. The van der Waals surface area contributed by atoms with Gasteiger partial charge in [0.15, 0.2) is 14.7 Å². The number of aromatic nitrogens is 2. The number of aryl methyl sites for hydroxylation is 1. The molecule has 0 spiro atoms. The fraction of sp³-hybridized carbons (Fsp3) is 0.444. The first-order chi connectivity index (χ1) is 13.6. The highest BCUT2D eigenvalue weighted by molar-refractivity contribution is 7.94. The van der Waals surface area contributed by atoms with E-state index in [1.54, 1.807) is 0 Å². The third kappa shape index (κ3) is 4.31. The third-order valence-corrected chi connectivity index (χ3v) is 7.83. The maximum Gasteiger partial charge on any atom is 0.220 e. The standard InChI is InChI=1S/C18H21ClN2O6S2/c1-21-18(23)13(15(20-21)10-4-5-10)16(22)11-6-7-12(29(3,25)26)17(14(11)19)28(24)9-8-27-2/h6-7,10,23H,4-5,8-9H2,1-3H3. The van der Waals surface area contributed by atoms with E-state index < -0.39 is 26.8 Å². The molecule has 1 atom stereocenters. The lowest BCUT2D eigenvalue weighted by atomic mass is 10.0. The van der Waals surface area contributed by atoms with E-state index in [0.29, 0.717) is 5.69 Å². The van der Waals surface area contributed by atoms with Gasteiger partial charge in [0.1, 0.15) is 21.2 Å². The lowest BCUT2D eigenvalue weighted by Crippen LogP contribution is -2.17. The van der Waals surface area contributed by atoms with E-state index in [4.69, 9.17) is 16.3 Å². The highest BCUT2D eigenvalue weighted by Crippen LogP contribution is 2.44. The molecule has 0 bridgehead atoms. The smallest absolute Gasteiger partial charge is 0.220 e. The number of halogens is 1. The number of carbonyl (C=O) groups is 1. The molecule has 1 heterocycles. The van der Waals surface area contributed by atoms with Crippen molar-refractivity contribution in [2.24, 2.45) is 7.05 Å². The Kier molecular flexibility index (Phi) is 6.30. The Hall–Kier alpha value is -1.59. The number of ether oxygens (including phenoxy) is 1. The number of aromatic hydroxyl groups is 1. The summed E-state index contributed by atoms with van der Waals surface area (Å²) < 4.78 is 43.3. The molecule has 11 heteroatoms. The summed E-state index contributed by atoms with van der Waals surface area (Å²) in [5, 5.41) is 14.4. The topological polar surface area (TPSA) is 122 Å². The van der Waals surface area contributed by atoms with E-state index in [0.717, 1.165) is 19.1 Å². The van der Waals surface area contributed by atoms with Crippen LogP contribution in [0.2, 0.25) is 5.02 Å². The molecule has 1 aliphatic rings. The molecule has 1 aliphatic carbocycles. The second kappa shape index (κ2) is 8.27. The van der Waals surface area contributed by atoms with Gasteiger partial charge in [0.05, 0.1) is 12.3 Å². The zero-order valence-electron chi connectivity index (χ0n) is 16.1. The molecule has 1 unspecified atom stereocenters. The van der Waals surface area contributed by atoms with E-state index in [9.17, 15) is 22.9 Å². The van der Waals surface area contributed by atoms with Crippen LogP contribution in [0, 0.1) is 0 Å². The molecule has 3 rings (SSSR count). The minimum Gasteiger partial charge on any atom is -0.611 e. The van der Waals surface area contributed by atoms with E-state index in [1.807, 2.05) is 0 Å². The molecular weight excluding hydrogens is 440 g/mol. The molecular formula is C18H21ClN2O6S2. The second-order valence-corrected chi connectivity index (χ2v) is 10.7. The van der Waals surface area contributed by atoms with Crippen molar-refractivity contribution >= 4 is 38.4 Å². The van der Waals surface area contributed by atoms with E-state index in [2.05, 4.69) is 5.10 Å². The normalized spacial score (nSPS) is 15.5. The molecule has 1 aromatic heterocycles. The summed E-state index contributed by atoms with van der Waals surface area (Å²) in [5.74, 6) is -0.776. The van der Waals surface area contributed by atoms with Crippen LogP contribution in [0.4, 0.5) is 0 Å². The van der Waals surface area contributed by atoms with Gasteiger partial charge >= 0.3 is 0 Å². The molecule has 0 saturated heterocycles. The van der Waals surface area contributed by atoms with Crippen LogP contribution >= 0.6 is 11.6 Å². The SMILES string of the molecule is COCC[S+]([O-])c1c(S(C)(=O)=O)ccc(C(=O)c2c(C3CC3)nn(C)c2O)c1Cl. The maximum atomic E-state index is 13.2. The Balaban J connectivity index is 2.15. The first-order valence-corrected chi connectivity index (χ1v) is 12.4. The van der Waals surface area contributed by atoms with Crippen LogP contribution in [0.15, 0.2) is 21.9 Å². The van der Waals surface area contributed by atoms with Crippen LogP contribution < -0.4 is 0 Å². The van der Waals surface area contributed by atoms with E-state index in [-0.39, 0.29) is 50.1 Å². The van der Waals surface area contributed by atoms with Gasteiger partial charge in [-0.25, -0.2) is 13.1 Å². The number of benzene rings is 1. The lowest BCUT2D eigenvalue weighted by Gasteiger charge is -2.16. The summed E-state index contributed by atoms with van der Waals surface area (Å²) >= 11 is 4.61. The predicted octanol–water partition coefficient (Wildman–Crippen LogP) is 2.05. The van der Waals surface area contributed by atoms with Crippen LogP contribution in [0.25, 0.3) is 0 Å². The van der Waals surface area contributed by atoms with Crippen molar-refractivity contribution in [1.82, 2.24) is 9.78 Å². The summed E-state index contributed by atoms with van der Waals surface area (Å²) in [6.45, 7) is 0.125. The van der Waals surface area contributed by atoms with Crippen molar-refractivity contribution in [3.8, 4) is 5.88 Å². The lowest BCUT2D eigenvalue weighted by molar-refractivity contribution is 0.103. The Morgan fingerprint density at radius 1 is 1.45 bits per heavy atom. The van der Waals surface area contributed by atoms with Gasteiger partial charge in [-0.05, 0) is 36.2 Å². The van der Waals surface area contributed by atoms with Gasteiger partial charge in [-0.1, -0.05) is 11.6 Å². The predicted molar refractivity (Wildman–Crippen MR) is 108 cm³/mol. The number of nitrogens with zero attached hydrogens (tertiary/aromatic N) is 2. The van der Waals surface area contributed by atoms with Gasteiger partial charge in [0.2, 0.25) is 11.7 Å². The summed E-state index contributed by atoms with van der Waals surface area (Å²) in [7, 11) is -0.787. The van der Waals surface area contributed by atoms with Gasteiger partial charge in [0, 0.05) is 31.9 Å². The molecule has 0 amide bonds. The first-order valence-electron chi connectivity index (χ1n) is 8.78. The van der Waals surface area contributed by atoms with Crippen molar-refractivity contribution in [1.29, 1.82) is 0 Å². The zero-order chi connectivity index (χ0) is 21.5. The average Bonchev–Trinajstić information content (AvgIpc) is 3.44. The third-order valence-electron chi connectivity index (χ3n) is 4.64. The minimum atomic E-state index is -3.74. The van der Waals surface area contributed by atoms with E-state index >= 15 is 0 Å². The van der Waals surface area contributed by atoms with Gasteiger partial charge < -0.3 is 14.4 Å². The van der Waals surface area contributed by atoms with Crippen LogP contribution in [-0.4, -0.2) is 59.4 Å². The van der Waals surface area contributed by atoms with Gasteiger partial charge in [0.25, 0.3) is 0 Å². The molecule has 1 saturated carbocycles. The van der Waals surface area contributed by atoms with Crippen molar-refractivity contribution in [3.63, 3.8) is 0 Å². The van der Waals surface area contributed by atoms with Crippen molar-refractivity contribution in [2.75, 3.05) is 25.7 Å². The number of hydrogen-bond donors (Lipinski definition) is 1. The average molecular weight is 461 g/mol. The summed E-state index contributed by atoms with van der Waals surface area (Å²) in [6.07, 6.45) is 2.71. The number of hydrogen-bond acceptors (Lipinski definition) is 7. The highest BCUT2D eigenvalue weighted by Gasteiger charge is 2.37. The number of ketones is 1. The number of methoxy groups -OCH3 is 1. The Morgan fingerprint density at radius 3 is 2.66 bits per heavy atom. The molecule has 1 fully saturated rings. The molecule has 0 radical (unpaired) electrons. The van der Waals surface area contributed by atoms with Gasteiger partial charge in [-0.15, -0.1) is 0 Å². The Labute approximate surface area is 176 Å². The largest absolute Gasteiger partial charge is 0.611 e. The van der Waals surface area contributed by atoms with Crippen molar-refractivity contribution in [3.05, 3.63) is 34.0 Å². The Morgan fingerprint density at radius 2 is 2.10 bits per heavy atom. The molecule has 2 aromatic rings. The summed E-state index contributed by atoms with van der Waals surface area (Å²) in [5.41, 5.74) is 0.489. The fourth-order valence-electron chi connectivity index (χ4n) is 3.01. The van der Waals surface area contributed by atoms with Crippen LogP contribution in [0.3, 0.4) is 0 Å². The molecule has 1 N–H and O–H groups in total.